The predicted octanol–water partition coefficient (Wildman–Crippen LogP) is 2.61. The molecule has 0 spiro atoms. The average Bonchev–Trinajstić information content (AvgIpc) is 2.82. The van der Waals surface area contributed by atoms with Crippen LogP contribution in [0, 0.1) is 0 Å². The Morgan fingerprint density at radius 2 is 1.77 bits per heavy atom. The molecule has 0 aromatic heterocycles. The van der Waals surface area contributed by atoms with E-state index in [2.05, 4.69) is 15.5 Å². The van der Waals surface area contributed by atoms with Crippen LogP contribution in [0.4, 0.5) is 0 Å². The Balaban J connectivity index is 2.11. The van der Waals surface area contributed by atoms with Crippen LogP contribution in [-0.4, -0.2) is 39.9 Å². The summed E-state index contributed by atoms with van der Waals surface area (Å²) in [4.78, 5) is 4.47. The van der Waals surface area contributed by atoms with E-state index >= 15 is 0 Å². The number of benzene rings is 1. The van der Waals surface area contributed by atoms with Crippen molar-refractivity contribution in [3.63, 3.8) is 0 Å². The van der Waals surface area contributed by atoms with Gasteiger partial charge in [0.05, 0.1) is 27.5 Å². The molecule has 120 valence electrons. The molecule has 6 heteroatoms. The van der Waals surface area contributed by atoms with Gasteiger partial charge in [0.2, 0.25) is 5.75 Å². The zero-order valence-corrected chi connectivity index (χ0v) is 13.4. The van der Waals surface area contributed by atoms with Crippen molar-refractivity contribution >= 4 is 12.1 Å². The van der Waals surface area contributed by atoms with Crippen molar-refractivity contribution in [3.05, 3.63) is 17.7 Å². The second-order valence-corrected chi connectivity index (χ2v) is 4.97. The predicted molar refractivity (Wildman–Crippen MR) is 87.6 cm³/mol. The van der Waals surface area contributed by atoms with E-state index in [1.54, 1.807) is 27.5 Å². The summed E-state index contributed by atoms with van der Waals surface area (Å²) in [5.41, 5.74) is 3.88. The zero-order valence-electron chi connectivity index (χ0n) is 13.4. The number of ether oxygens (including phenoxy) is 3. The lowest BCUT2D eigenvalue weighted by molar-refractivity contribution is 0.324. The third-order valence-corrected chi connectivity index (χ3v) is 3.47. The molecule has 1 aliphatic heterocycles. The molecular weight excluding hydrogens is 282 g/mol. The number of nitrogens with zero attached hydrogens (tertiary/aromatic N) is 2. The molecule has 1 heterocycles. The molecule has 0 saturated heterocycles. The van der Waals surface area contributed by atoms with Crippen molar-refractivity contribution < 1.29 is 14.2 Å². The van der Waals surface area contributed by atoms with Crippen LogP contribution in [0.1, 0.15) is 31.2 Å². The van der Waals surface area contributed by atoms with Crippen LogP contribution < -0.4 is 19.6 Å². The fourth-order valence-electron chi connectivity index (χ4n) is 2.32. The van der Waals surface area contributed by atoms with Gasteiger partial charge in [-0.05, 0) is 25.0 Å². The highest BCUT2D eigenvalue weighted by Gasteiger charge is 2.12. The maximum atomic E-state index is 5.32. The number of hydrazone groups is 1. The van der Waals surface area contributed by atoms with Crippen LogP contribution >= 0.6 is 0 Å². The minimum Gasteiger partial charge on any atom is -0.493 e. The summed E-state index contributed by atoms with van der Waals surface area (Å²) in [6.45, 7) is 0.877. The van der Waals surface area contributed by atoms with Gasteiger partial charge in [-0.25, -0.2) is 0 Å². The minimum absolute atomic E-state index is 0.572. The molecular formula is C16H23N3O3. The third-order valence-electron chi connectivity index (χ3n) is 3.47. The molecule has 0 fully saturated rings. The van der Waals surface area contributed by atoms with Crippen molar-refractivity contribution in [1.82, 2.24) is 5.43 Å². The maximum Gasteiger partial charge on any atom is 0.203 e. The lowest BCUT2D eigenvalue weighted by Crippen LogP contribution is -2.17. The van der Waals surface area contributed by atoms with Crippen LogP contribution in [0.3, 0.4) is 0 Å². The topological polar surface area (TPSA) is 64.4 Å². The normalized spacial score (nSPS) is 15.1. The van der Waals surface area contributed by atoms with Crippen LogP contribution in [0.2, 0.25) is 0 Å². The standard InChI is InChI=1S/C16H23N3O3/c1-20-13-9-12(10-14(21-2)16(13)22-3)11-18-19-15-7-5-4-6-8-17-15/h9-11H,4-8H2,1-3H3,(H,17,19)/b18-11+. The second kappa shape index (κ2) is 8.26. The molecule has 1 aliphatic rings. The number of hydrogen-bond donors (Lipinski definition) is 1. The Morgan fingerprint density at radius 1 is 1.05 bits per heavy atom. The summed E-state index contributed by atoms with van der Waals surface area (Å²) in [6.07, 6.45) is 6.21. The molecule has 0 bridgehead atoms. The summed E-state index contributed by atoms with van der Waals surface area (Å²) < 4.78 is 15.9. The largest absolute Gasteiger partial charge is 0.493 e. The van der Waals surface area contributed by atoms with Gasteiger partial charge in [-0.1, -0.05) is 6.42 Å². The van der Waals surface area contributed by atoms with Gasteiger partial charge in [0.15, 0.2) is 11.5 Å². The molecule has 0 amide bonds. The molecule has 2 rings (SSSR count). The summed E-state index contributed by atoms with van der Waals surface area (Å²) >= 11 is 0. The van der Waals surface area contributed by atoms with Gasteiger partial charge in [0.1, 0.15) is 5.84 Å². The van der Waals surface area contributed by atoms with Crippen molar-refractivity contribution in [2.45, 2.75) is 25.7 Å². The lowest BCUT2D eigenvalue weighted by Gasteiger charge is -2.12. The first-order chi connectivity index (χ1) is 10.8. The van der Waals surface area contributed by atoms with Gasteiger partial charge in [0, 0.05) is 18.5 Å². The van der Waals surface area contributed by atoms with E-state index in [-0.39, 0.29) is 0 Å². The fourth-order valence-corrected chi connectivity index (χ4v) is 2.32. The van der Waals surface area contributed by atoms with Crippen molar-refractivity contribution in [2.75, 3.05) is 27.9 Å². The molecule has 1 aromatic rings. The van der Waals surface area contributed by atoms with Gasteiger partial charge in [-0.15, -0.1) is 0 Å². The first kappa shape index (κ1) is 16.1. The summed E-state index contributed by atoms with van der Waals surface area (Å²) in [5, 5.41) is 4.26. The van der Waals surface area contributed by atoms with Crippen molar-refractivity contribution in [3.8, 4) is 17.2 Å². The SMILES string of the molecule is COc1cc(/C=N/NC2=NCCCCC2)cc(OC)c1OC. The molecule has 22 heavy (non-hydrogen) atoms. The summed E-state index contributed by atoms with van der Waals surface area (Å²) in [7, 11) is 4.77. The lowest BCUT2D eigenvalue weighted by atomic mass is 10.2. The van der Waals surface area contributed by atoms with Crippen molar-refractivity contribution in [2.24, 2.45) is 10.1 Å². The van der Waals surface area contributed by atoms with E-state index in [1.165, 1.54) is 6.42 Å². The van der Waals surface area contributed by atoms with E-state index in [0.29, 0.717) is 17.2 Å². The number of hydrogen-bond acceptors (Lipinski definition) is 6. The molecule has 0 saturated carbocycles. The third kappa shape index (κ3) is 4.13. The Kier molecular flexibility index (Phi) is 6.06. The van der Waals surface area contributed by atoms with Crippen LogP contribution in [0.25, 0.3) is 0 Å². The van der Waals surface area contributed by atoms with Crippen LogP contribution in [0.5, 0.6) is 17.2 Å². The van der Waals surface area contributed by atoms with E-state index in [0.717, 1.165) is 37.2 Å². The van der Waals surface area contributed by atoms with Crippen molar-refractivity contribution in [1.29, 1.82) is 0 Å². The summed E-state index contributed by atoms with van der Waals surface area (Å²) in [6, 6.07) is 3.70. The van der Waals surface area contributed by atoms with E-state index in [1.807, 2.05) is 12.1 Å². The number of aliphatic imine (C=N–C) groups is 1. The molecule has 0 radical (unpaired) electrons. The van der Waals surface area contributed by atoms with Gasteiger partial charge < -0.3 is 14.2 Å². The average molecular weight is 305 g/mol. The first-order valence-corrected chi connectivity index (χ1v) is 7.41. The zero-order chi connectivity index (χ0) is 15.8. The smallest absolute Gasteiger partial charge is 0.203 e. The minimum atomic E-state index is 0.572. The molecule has 1 N–H and O–H groups in total. The Morgan fingerprint density at radius 3 is 2.41 bits per heavy atom. The monoisotopic (exact) mass is 305 g/mol. The molecule has 0 unspecified atom stereocenters. The molecule has 0 aliphatic carbocycles. The Hall–Kier alpha value is -2.24. The Labute approximate surface area is 131 Å². The fraction of sp³-hybridized carbons (Fsp3) is 0.500. The highest BCUT2D eigenvalue weighted by atomic mass is 16.5. The van der Waals surface area contributed by atoms with Gasteiger partial charge in [-0.2, -0.15) is 5.10 Å². The highest BCUT2D eigenvalue weighted by Crippen LogP contribution is 2.37. The molecule has 6 nitrogen and oxygen atoms in total. The maximum absolute atomic E-state index is 5.32. The van der Waals surface area contributed by atoms with Gasteiger partial charge >= 0.3 is 0 Å². The van der Waals surface area contributed by atoms with E-state index in [9.17, 15) is 0 Å². The van der Waals surface area contributed by atoms with E-state index < -0.39 is 0 Å². The van der Waals surface area contributed by atoms with Crippen LogP contribution in [0.15, 0.2) is 22.2 Å². The number of rotatable bonds is 5. The second-order valence-electron chi connectivity index (χ2n) is 4.97. The first-order valence-electron chi connectivity index (χ1n) is 7.41. The quantitative estimate of drug-likeness (QED) is 0.671. The highest BCUT2D eigenvalue weighted by molar-refractivity contribution is 5.86. The van der Waals surface area contributed by atoms with E-state index in [4.69, 9.17) is 14.2 Å². The van der Waals surface area contributed by atoms with Gasteiger partial charge in [-0.3, -0.25) is 10.4 Å². The van der Waals surface area contributed by atoms with Gasteiger partial charge in [0.25, 0.3) is 0 Å². The molecule has 0 atom stereocenters. The summed E-state index contributed by atoms with van der Waals surface area (Å²) in [5.74, 6) is 2.73. The number of methoxy groups -OCH3 is 3. The number of amidine groups is 1. The number of nitrogens with one attached hydrogen (secondary N) is 1. The van der Waals surface area contributed by atoms with Crippen LogP contribution in [-0.2, 0) is 0 Å². The Bertz CT molecular complexity index is 531. The molecule has 1 aromatic carbocycles.